The van der Waals surface area contributed by atoms with E-state index in [1.165, 1.54) is 0 Å². The zero-order valence-electron chi connectivity index (χ0n) is 15.2. The quantitative estimate of drug-likeness (QED) is 0.835. The number of benzene rings is 2. The molecule has 2 aromatic rings. The fourth-order valence-electron chi connectivity index (χ4n) is 4.23. The third-order valence-electron chi connectivity index (χ3n) is 5.66. The van der Waals surface area contributed by atoms with Crippen molar-refractivity contribution >= 4 is 0 Å². The van der Waals surface area contributed by atoms with E-state index in [1.54, 1.807) is 13.2 Å². The molecule has 26 heavy (non-hydrogen) atoms. The average molecular weight is 354 g/mol. The van der Waals surface area contributed by atoms with Crippen LogP contribution in [0.4, 0.5) is 0 Å². The van der Waals surface area contributed by atoms with Crippen LogP contribution in [0.15, 0.2) is 24.3 Å². The van der Waals surface area contributed by atoms with Crippen LogP contribution in [0.25, 0.3) is 0 Å². The lowest BCUT2D eigenvalue weighted by Gasteiger charge is -2.37. The maximum absolute atomic E-state index is 10.4. The Morgan fingerprint density at radius 2 is 2.04 bits per heavy atom. The van der Waals surface area contributed by atoms with Gasteiger partial charge in [0.15, 0.2) is 0 Å². The number of methoxy groups -OCH3 is 1. The molecule has 136 valence electrons. The van der Waals surface area contributed by atoms with Crippen LogP contribution >= 0.6 is 0 Å². The molecule has 0 fully saturated rings. The van der Waals surface area contributed by atoms with Crippen molar-refractivity contribution in [1.29, 1.82) is 0 Å². The number of rotatable bonds is 1. The normalized spacial score (nSPS) is 24.1. The van der Waals surface area contributed by atoms with Gasteiger partial charge in [-0.3, -0.25) is 0 Å². The van der Waals surface area contributed by atoms with Gasteiger partial charge in [-0.1, -0.05) is 6.07 Å². The molecule has 0 saturated carbocycles. The first kappa shape index (κ1) is 15.7. The molecule has 2 aromatic carbocycles. The molecule has 3 aliphatic heterocycles. The van der Waals surface area contributed by atoms with E-state index in [-0.39, 0.29) is 23.4 Å². The van der Waals surface area contributed by atoms with Crippen LogP contribution in [-0.2, 0) is 6.42 Å². The lowest BCUT2D eigenvalue weighted by molar-refractivity contribution is 0.0706. The first-order chi connectivity index (χ1) is 12.5. The maximum atomic E-state index is 10.4. The van der Waals surface area contributed by atoms with Crippen molar-refractivity contribution in [3.63, 3.8) is 0 Å². The van der Waals surface area contributed by atoms with Gasteiger partial charge in [0, 0.05) is 23.3 Å². The highest BCUT2D eigenvalue weighted by Crippen LogP contribution is 2.57. The molecule has 0 unspecified atom stereocenters. The molecular formula is C21H22O5. The van der Waals surface area contributed by atoms with E-state index in [9.17, 15) is 5.11 Å². The molecule has 0 radical (unpaired) electrons. The van der Waals surface area contributed by atoms with E-state index in [2.05, 4.69) is 13.8 Å². The maximum Gasteiger partial charge on any atom is 0.141 e. The van der Waals surface area contributed by atoms with Crippen molar-refractivity contribution in [2.75, 3.05) is 13.7 Å². The largest absolute Gasteiger partial charge is 0.507 e. The van der Waals surface area contributed by atoms with Crippen LogP contribution < -0.4 is 18.9 Å². The van der Waals surface area contributed by atoms with Gasteiger partial charge >= 0.3 is 0 Å². The molecule has 0 bridgehead atoms. The standard InChI is InChI=1S/C21H22O5/c1-21(2)7-6-13-15(22)9-17-18(20(13)26-21)19-14(10-24-17)12-5-4-11(23-3)8-16(12)25-19/h4-5,8-9,14,19,22H,6-7,10H2,1-3H3/t14-,19+/m1/s1. The number of phenols is 1. The minimum atomic E-state index is -0.282. The molecule has 5 nitrogen and oxygen atoms in total. The summed E-state index contributed by atoms with van der Waals surface area (Å²) in [5.74, 6) is 3.32. The van der Waals surface area contributed by atoms with E-state index < -0.39 is 0 Å². The van der Waals surface area contributed by atoms with Crippen LogP contribution in [0.3, 0.4) is 0 Å². The molecule has 5 heteroatoms. The monoisotopic (exact) mass is 354 g/mol. The summed E-state index contributed by atoms with van der Waals surface area (Å²) in [4.78, 5) is 0. The molecule has 0 saturated heterocycles. The fourth-order valence-corrected chi connectivity index (χ4v) is 4.23. The number of phenolic OH excluding ortho intramolecular Hbond substituents is 1. The topological polar surface area (TPSA) is 57.2 Å². The number of fused-ring (bicyclic) bond motifs is 7. The van der Waals surface area contributed by atoms with E-state index >= 15 is 0 Å². The van der Waals surface area contributed by atoms with E-state index in [4.69, 9.17) is 18.9 Å². The van der Waals surface area contributed by atoms with Crippen LogP contribution in [-0.4, -0.2) is 24.4 Å². The van der Waals surface area contributed by atoms with Crippen molar-refractivity contribution in [3.8, 4) is 28.7 Å². The molecule has 0 aromatic heterocycles. The van der Waals surface area contributed by atoms with Crippen LogP contribution in [0.5, 0.6) is 28.7 Å². The second kappa shape index (κ2) is 5.22. The Labute approximate surface area is 152 Å². The van der Waals surface area contributed by atoms with Gasteiger partial charge in [0.25, 0.3) is 0 Å². The zero-order chi connectivity index (χ0) is 18.1. The van der Waals surface area contributed by atoms with E-state index in [0.29, 0.717) is 12.4 Å². The Hall–Kier alpha value is -2.56. The van der Waals surface area contributed by atoms with Gasteiger partial charge in [0.05, 0.1) is 25.2 Å². The molecule has 0 aliphatic carbocycles. The fraction of sp³-hybridized carbons (Fsp3) is 0.429. The first-order valence-corrected chi connectivity index (χ1v) is 9.02. The van der Waals surface area contributed by atoms with Gasteiger partial charge in [-0.25, -0.2) is 0 Å². The van der Waals surface area contributed by atoms with Gasteiger partial charge in [0.1, 0.15) is 40.5 Å². The summed E-state index contributed by atoms with van der Waals surface area (Å²) in [6.45, 7) is 4.66. The molecule has 2 atom stereocenters. The van der Waals surface area contributed by atoms with Crippen molar-refractivity contribution in [3.05, 3.63) is 41.0 Å². The summed E-state index contributed by atoms with van der Waals surface area (Å²) in [5, 5.41) is 10.4. The summed E-state index contributed by atoms with van der Waals surface area (Å²) < 4.78 is 24.0. The van der Waals surface area contributed by atoms with Gasteiger partial charge in [-0.2, -0.15) is 0 Å². The van der Waals surface area contributed by atoms with Crippen LogP contribution in [0.1, 0.15) is 49.0 Å². The summed E-state index contributed by atoms with van der Waals surface area (Å²) in [6.07, 6.45) is 1.46. The molecule has 0 spiro atoms. The highest BCUT2D eigenvalue weighted by molar-refractivity contribution is 5.62. The number of hydrogen-bond acceptors (Lipinski definition) is 5. The van der Waals surface area contributed by atoms with Gasteiger partial charge in [0.2, 0.25) is 0 Å². The summed E-state index contributed by atoms with van der Waals surface area (Å²) in [5.41, 5.74) is 2.61. The number of aromatic hydroxyl groups is 1. The van der Waals surface area contributed by atoms with Crippen molar-refractivity contribution in [2.45, 2.75) is 44.3 Å². The Bertz CT molecular complexity index is 902. The lowest BCUT2D eigenvalue weighted by Crippen LogP contribution is -2.34. The molecular weight excluding hydrogens is 332 g/mol. The van der Waals surface area contributed by atoms with Crippen molar-refractivity contribution in [2.24, 2.45) is 0 Å². The van der Waals surface area contributed by atoms with Gasteiger partial charge in [-0.05, 0) is 32.8 Å². The van der Waals surface area contributed by atoms with E-state index in [0.717, 1.165) is 46.8 Å². The highest BCUT2D eigenvalue weighted by atomic mass is 16.5. The van der Waals surface area contributed by atoms with Crippen LogP contribution in [0, 0.1) is 0 Å². The predicted octanol–water partition coefficient (Wildman–Crippen LogP) is 4.11. The molecule has 3 heterocycles. The Morgan fingerprint density at radius 3 is 2.85 bits per heavy atom. The zero-order valence-corrected chi connectivity index (χ0v) is 15.2. The minimum Gasteiger partial charge on any atom is -0.507 e. The molecule has 5 rings (SSSR count). The minimum absolute atomic E-state index is 0.102. The first-order valence-electron chi connectivity index (χ1n) is 9.02. The third kappa shape index (κ3) is 2.16. The summed E-state index contributed by atoms with van der Waals surface area (Å²) in [6, 6.07) is 7.63. The highest BCUT2D eigenvalue weighted by Gasteiger charge is 2.45. The van der Waals surface area contributed by atoms with Gasteiger partial charge < -0.3 is 24.1 Å². The molecule has 1 N–H and O–H groups in total. The molecule has 3 aliphatic rings. The summed E-state index contributed by atoms with van der Waals surface area (Å²) >= 11 is 0. The second-order valence-electron chi connectivity index (χ2n) is 7.84. The van der Waals surface area contributed by atoms with Crippen molar-refractivity contribution in [1.82, 2.24) is 0 Å². The smallest absolute Gasteiger partial charge is 0.141 e. The number of hydrogen-bond donors (Lipinski definition) is 1. The van der Waals surface area contributed by atoms with Gasteiger partial charge in [-0.15, -0.1) is 0 Å². The second-order valence-corrected chi connectivity index (χ2v) is 7.84. The Morgan fingerprint density at radius 1 is 1.19 bits per heavy atom. The molecule has 0 amide bonds. The van der Waals surface area contributed by atoms with E-state index in [1.807, 2.05) is 18.2 Å². The Kier molecular flexibility index (Phi) is 3.15. The SMILES string of the molecule is COc1ccc2c(c1)O[C@@H]1c3c(cc(O)c4c3OC(C)(C)CC4)OC[C@H]21. The predicted molar refractivity (Wildman–Crippen MR) is 95.7 cm³/mol. The van der Waals surface area contributed by atoms with Crippen molar-refractivity contribution < 1.29 is 24.1 Å². The van der Waals surface area contributed by atoms with Crippen LogP contribution in [0.2, 0.25) is 0 Å². The number of ether oxygens (including phenoxy) is 4. The lowest BCUT2D eigenvalue weighted by atomic mass is 9.85. The third-order valence-corrected chi connectivity index (χ3v) is 5.66. The average Bonchev–Trinajstić information content (AvgIpc) is 2.97. The Balaban J connectivity index is 1.65. The summed E-state index contributed by atoms with van der Waals surface area (Å²) in [7, 11) is 1.65.